The molecular weight excluding hydrogens is 580 g/mol. The van der Waals surface area contributed by atoms with Crippen molar-refractivity contribution in [2.75, 3.05) is 6.61 Å². The van der Waals surface area contributed by atoms with Gasteiger partial charge in [-0.1, -0.05) is 113 Å². The van der Waals surface area contributed by atoms with Crippen molar-refractivity contribution in [2.24, 2.45) is 5.10 Å². The third-order valence-electron chi connectivity index (χ3n) is 6.98. The molecule has 0 bridgehead atoms. The Balaban J connectivity index is 1.60. The smallest absolute Gasteiger partial charge is 0.343 e. The van der Waals surface area contributed by atoms with E-state index >= 15 is 0 Å². The van der Waals surface area contributed by atoms with Crippen molar-refractivity contribution in [1.29, 1.82) is 0 Å². The van der Waals surface area contributed by atoms with Crippen molar-refractivity contribution in [3.63, 3.8) is 0 Å². The number of hydrogen-bond acceptors (Lipinski definition) is 5. The topological polar surface area (TPSA) is 77.0 Å². The predicted molar refractivity (Wildman–Crippen MR) is 172 cm³/mol. The second-order valence-electron chi connectivity index (χ2n) is 10.5. The Kier molecular flexibility index (Phi) is 18.5. The number of benzene rings is 2. The molecule has 1 amide bonds. The first-order valence-electron chi connectivity index (χ1n) is 15.6. The van der Waals surface area contributed by atoms with Crippen LogP contribution in [-0.4, -0.2) is 24.7 Å². The predicted octanol–water partition coefficient (Wildman–Crippen LogP) is 9.78. The van der Waals surface area contributed by atoms with Gasteiger partial charge in [0.2, 0.25) is 5.91 Å². The van der Waals surface area contributed by atoms with E-state index in [1.165, 1.54) is 89.7 Å². The highest BCUT2D eigenvalue weighted by Gasteiger charge is 2.12. The molecule has 0 heterocycles. The van der Waals surface area contributed by atoms with Crippen LogP contribution in [0.1, 0.15) is 133 Å². The minimum atomic E-state index is -0.484. The van der Waals surface area contributed by atoms with Crippen LogP contribution in [-0.2, 0) is 4.79 Å². The molecule has 6 nitrogen and oxygen atoms in total. The summed E-state index contributed by atoms with van der Waals surface area (Å²) in [4.78, 5) is 24.9. The quantitative estimate of drug-likeness (QED) is 0.0463. The largest absolute Gasteiger partial charge is 0.494 e. The lowest BCUT2D eigenvalue weighted by molar-refractivity contribution is -0.121. The van der Waals surface area contributed by atoms with Crippen molar-refractivity contribution >= 4 is 34.0 Å². The number of rotatable bonds is 22. The molecule has 226 valence electrons. The molecule has 0 saturated heterocycles. The van der Waals surface area contributed by atoms with Crippen LogP contribution in [0.3, 0.4) is 0 Å². The highest BCUT2D eigenvalue weighted by atomic mass is 79.9. The van der Waals surface area contributed by atoms with Crippen LogP contribution in [0.25, 0.3) is 0 Å². The molecule has 2 aromatic carbocycles. The monoisotopic (exact) mass is 628 g/mol. The van der Waals surface area contributed by atoms with Gasteiger partial charge >= 0.3 is 5.97 Å². The number of unbranched alkanes of at least 4 members (excludes halogenated alkanes) is 14. The molecule has 0 saturated carbocycles. The minimum Gasteiger partial charge on any atom is -0.494 e. The summed E-state index contributed by atoms with van der Waals surface area (Å²) in [6.45, 7) is 4.73. The van der Waals surface area contributed by atoms with Crippen LogP contribution < -0.4 is 14.9 Å². The number of amides is 1. The summed E-state index contributed by atoms with van der Waals surface area (Å²) < 4.78 is 11.8. The lowest BCUT2D eigenvalue weighted by atomic mass is 10.0. The summed E-state index contributed by atoms with van der Waals surface area (Å²) in [6.07, 6.45) is 21.4. The summed E-state index contributed by atoms with van der Waals surface area (Å²) in [7, 11) is 0. The van der Waals surface area contributed by atoms with Gasteiger partial charge in [0.15, 0.2) is 0 Å². The van der Waals surface area contributed by atoms with Crippen molar-refractivity contribution in [2.45, 2.75) is 117 Å². The number of esters is 1. The van der Waals surface area contributed by atoms with Gasteiger partial charge in [-0.25, -0.2) is 10.2 Å². The van der Waals surface area contributed by atoms with Gasteiger partial charge in [-0.15, -0.1) is 0 Å². The molecule has 0 spiro atoms. The van der Waals surface area contributed by atoms with Gasteiger partial charge in [-0.2, -0.15) is 5.10 Å². The lowest BCUT2D eigenvalue weighted by Gasteiger charge is -2.09. The van der Waals surface area contributed by atoms with E-state index in [-0.39, 0.29) is 5.91 Å². The number of ether oxygens (including phenoxy) is 2. The van der Waals surface area contributed by atoms with E-state index in [1.54, 1.807) is 42.5 Å². The van der Waals surface area contributed by atoms with E-state index < -0.39 is 5.97 Å². The standard InChI is InChI=1S/C34H49BrN2O4/c1-3-5-6-7-8-9-10-11-12-13-14-15-16-17-18-19-33(38)37-36-27-29-26-30(35)22-25-32(29)41-34(39)28-20-23-31(24-21-28)40-4-2/h20-27H,3-19H2,1-2H3,(H,37,38)/b36-27+. The average molecular weight is 630 g/mol. The highest BCUT2D eigenvalue weighted by molar-refractivity contribution is 9.10. The van der Waals surface area contributed by atoms with Crippen LogP contribution in [0.2, 0.25) is 0 Å². The maximum absolute atomic E-state index is 12.6. The van der Waals surface area contributed by atoms with Crippen LogP contribution in [0, 0.1) is 0 Å². The number of carbonyl (C=O) groups is 2. The third-order valence-corrected chi connectivity index (χ3v) is 7.47. The van der Waals surface area contributed by atoms with E-state index in [1.807, 2.05) is 6.92 Å². The average Bonchev–Trinajstić information content (AvgIpc) is 2.97. The molecule has 1 N–H and O–H groups in total. The van der Waals surface area contributed by atoms with Gasteiger partial charge in [0, 0.05) is 16.5 Å². The molecule has 41 heavy (non-hydrogen) atoms. The number of hydrazone groups is 1. The summed E-state index contributed by atoms with van der Waals surface area (Å²) in [6, 6.07) is 12.1. The SMILES string of the molecule is CCCCCCCCCCCCCCCCCC(=O)N/N=C/c1cc(Br)ccc1OC(=O)c1ccc(OCC)cc1. The number of halogens is 1. The Morgan fingerprint density at radius 1 is 0.780 bits per heavy atom. The Morgan fingerprint density at radius 2 is 1.34 bits per heavy atom. The molecule has 7 heteroatoms. The van der Waals surface area contributed by atoms with E-state index in [2.05, 4.69) is 33.4 Å². The fraction of sp³-hybridized carbons (Fsp3) is 0.559. The molecule has 0 aromatic heterocycles. The lowest BCUT2D eigenvalue weighted by Crippen LogP contribution is -2.17. The number of nitrogens with zero attached hydrogens (tertiary/aromatic N) is 1. The van der Waals surface area contributed by atoms with Gasteiger partial charge in [0.05, 0.1) is 18.4 Å². The normalized spacial score (nSPS) is 11.1. The molecule has 0 aliphatic rings. The summed E-state index contributed by atoms with van der Waals surface area (Å²) in [5.41, 5.74) is 3.58. The summed E-state index contributed by atoms with van der Waals surface area (Å²) in [5.74, 6) is 0.453. The zero-order valence-corrected chi connectivity index (χ0v) is 26.7. The fourth-order valence-corrected chi connectivity index (χ4v) is 4.99. The number of hydrogen-bond donors (Lipinski definition) is 1. The molecule has 2 rings (SSSR count). The Hall–Kier alpha value is -2.67. The van der Waals surface area contributed by atoms with Crippen molar-refractivity contribution in [3.05, 3.63) is 58.1 Å². The van der Waals surface area contributed by atoms with E-state index in [0.717, 1.165) is 17.3 Å². The highest BCUT2D eigenvalue weighted by Crippen LogP contribution is 2.23. The van der Waals surface area contributed by atoms with Gasteiger partial charge in [0.1, 0.15) is 11.5 Å². The molecule has 0 aliphatic heterocycles. The molecule has 0 fully saturated rings. The Morgan fingerprint density at radius 3 is 1.90 bits per heavy atom. The zero-order valence-electron chi connectivity index (χ0n) is 25.1. The molecule has 0 atom stereocenters. The van der Waals surface area contributed by atoms with E-state index in [4.69, 9.17) is 9.47 Å². The van der Waals surface area contributed by atoms with Gasteiger partial charge in [0.25, 0.3) is 0 Å². The number of carbonyl (C=O) groups excluding carboxylic acids is 2. The van der Waals surface area contributed by atoms with Gasteiger partial charge in [-0.05, 0) is 55.8 Å². The van der Waals surface area contributed by atoms with Crippen molar-refractivity contribution < 1.29 is 19.1 Å². The van der Waals surface area contributed by atoms with Crippen molar-refractivity contribution in [1.82, 2.24) is 5.43 Å². The van der Waals surface area contributed by atoms with E-state index in [0.29, 0.717) is 35.7 Å². The molecule has 0 radical (unpaired) electrons. The first-order chi connectivity index (χ1) is 20.0. The maximum Gasteiger partial charge on any atom is 0.343 e. The van der Waals surface area contributed by atoms with E-state index in [9.17, 15) is 9.59 Å². The minimum absolute atomic E-state index is 0.112. The second kappa shape index (κ2) is 22.0. The summed E-state index contributed by atoms with van der Waals surface area (Å²) >= 11 is 3.44. The van der Waals surface area contributed by atoms with Crippen LogP contribution in [0.5, 0.6) is 11.5 Å². The zero-order chi connectivity index (χ0) is 29.5. The first-order valence-corrected chi connectivity index (χ1v) is 16.4. The maximum atomic E-state index is 12.6. The first kappa shape index (κ1) is 34.5. The van der Waals surface area contributed by atoms with Crippen LogP contribution >= 0.6 is 15.9 Å². The Bertz CT molecular complexity index is 1040. The molecule has 0 unspecified atom stereocenters. The Labute approximate surface area is 255 Å². The molecule has 0 aliphatic carbocycles. The van der Waals surface area contributed by atoms with Crippen LogP contribution in [0.15, 0.2) is 52.0 Å². The van der Waals surface area contributed by atoms with Gasteiger partial charge in [-0.3, -0.25) is 4.79 Å². The molecule has 2 aromatic rings. The fourth-order valence-electron chi connectivity index (χ4n) is 4.61. The summed E-state index contributed by atoms with van der Waals surface area (Å²) in [5, 5.41) is 4.09. The molecular formula is C34H49BrN2O4. The van der Waals surface area contributed by atoms with Gasteiger partial charge < -0.3 is 9.47 Å². The second-order valence-corrected chi connectivity index (χ2v) is 11.4. The van der Waals surface area contributed by atoms with Crippen LogP contribution in [0.4, 0.5) is 0 Å². The third kappa shape index (κ3) is 15.8. The van der Waals surface area contributed by atoms with Crippen molar-refractivity contribution in [3.8, 4) is 11.5 Å². The number of nitrogens with one attached hydrogen (secondary N) is 1.